The van der Waals surface area contributed by atoms with E-state index in [1.165, 1.54) is 31.2 Å². The second-order valence-corrected chi connectivity index (χ2v) is 7.21. The van der Waals surface area contributed by atoms with Gasteiger partial charge < -0.3 is 10.6 Å². The van der Waals surface area contributed by atoms with E-state index in [0.29, 0.717) is 16.0 Å². The molecule has 2 aliphatic heterocycles. The number of hydrogen-bond acceptors (Lipinski definition) is 2. The lowest BCUT2D eigenvalue weighted by molar-refractivity contribution is 0.120. The minimum absolute atomic E-state index is 0.226. The van der Waals surface area contributed by atoms with Crippen molar-refractivity contribution in [1.82, 2.24) is 4.90 Å². The molecule has 0 aliphatic carbocycles. The van der Waals surface area contributed by atoms with E-state index in [9.17, 15) is 0 Å². The molecule has 2 N–H and O–H groups in total. The Hall–Kier alpha value is -0.280. The molecule has 2 bridgehead atoms. The van der Waals surface area contributed by atoms with Gasteiger partial charge in [0.05, 0.1) is 10.0 Å². The SMILES string of the molecule is CN1C2CCC1CC(C(N)Cc1ccc(Cl)c(Cl)c1)C2. The number of hydrogen-bond donors (Lipinski definition) is 1. The minimum Gasteiger partial charge on any atom is -0.327 e. The molecule has 2 saturated heterocycles. The van der Waals surface area contributed by atoms with Gasteiger partial charge in [-0.3, -0.25) is 0 Å². The van der Waals surface area contributed by atoms with Crippen molar-refractivity contribution < 1.29 is 0 Å². The first kappa shape index (κ1) is 14.6. The molecular weight excluding hydrogens is 291 g/mol. The quantitative estimate of drug-likeness (QED) is 0.921. The molecular formula is C16H22Cl2N2. The molecule has 20 heavy (non-hydrogen) atoms. The fourth-order valence-corrected chi connectivity index (χ4v) is 4.23. The predicted molar refractivity (Wildman–Crippen MR) is 85.4 cm³/mol. The summed E-state index contributed by atoms with van der Waals surface area (Å²) < 4.78 is 0. The Kier molecular flexibility index (Phi) is 4.28. The molecule has 2 nitrogen and oxygen atoms in total. The highest BCUT2D eigenvalue weighted by atomic mass is 35.5. The number of nitrogens with zero attached hydrogens (tertiary/aromatic N) is 1. The van der Waals surface area contributed by atoms with Crippen LogP contribution in [0.5, 0.6) is 0 Å². The summed E-state index contributed by atoms with van der Waals surface area (Å²) in [6, 6.07) is 7.58. The zero-order chi connectivity index (χ0) is 14.3. The first-order chi connectivity index (χ1) is 9.54. The van der Waals surface area contributed by atoms with Crippen LogP contribution in [0.3, 0.4) is 0 Å². The normalized spacial score (nSPS) is 31.5. The summed E-state index contributed by atoms with van der Waals surface area (Å²) in [5, 5.41) is 1.24. The maximum Gasteiger partial charge on any atom is 0.0595 e. The highest BCUT2D eigenvalue weighted by Gasteiger charge is 2.40. The summed E-state index contributed by atoms with van der Waals surface area (Å²) in [5.74, 6) is 0.637. The number of fused-ring (bicyclic) bond motifs is 2. The maximum absolute atomic E-state index is 6.47. The largest absolute Gasteiger partial charge is 0.327 e. The van der Waals surface area contributed by atoms with Gasteiger partial charge in [-0.15, -0.1) is 0 Å². The van der Waals surface area contributed by atoms with E-state index in [1.54, 1.807) is 0 Å². The minimum atomic E-state index is 0.226. The van der Waals surface area contributed by atoms with E-state index in [4.69, 9.17) is 28.9 Å². The number of nitrogens with two attached hydrogens (primary N) is 1. The second-order valence-electron chi connectivity index (χ2n) is 6.40. The molecule has 0 aromatic heterocycles. The summed E-state index contributed by atoms with van der Waals surface area (Å²) in [5.41, 5.74) is 7.66. The first-order valence-electron chi connectivity index (χ1n) is 7.46. The molecule has 3 rings (SSSR count). The summed E-state index contributed by atoms with van der Waals surface area (Å²) in [7, 11) is 2.27. The van der Waals surface area contributed by atoms with Gasteiger partial charge in [0.1, 0.15) is 0 Å². The van der Waals surface area contributed by atoms with E-state index < -0.39 is 0 Å². The van der Waals surface area contributed by atoms with E-state index in [2.05, 4.69) is 11.9 Å². The zero-order valence-corrected chi connectivity index (χ0v) is 13.4. The summed E-state index contributed by atoms with van der Waals surface area (Å²) >= 11 is 12.0. The molecule has 0 saturated carbocycles. The molecule has 3 unspecified atom stereocenters. The third-order valence-corrected chi connectivity index (χ3v) is 5.93. The third-order valence-electron chi connectivity index (χ3n) is 5.20. The predicted octanol–water partition coefficient (Wildman–Crippen LogP) is 3.74. The summed E-state index contributed by atoms with van der Waals surface area (Å²) in [6.07, 6.45) is 6.07. The molecule has 2 fully saturated rings. The van der Waals surface area contributed by atoms with Crippen LogP contribution < -0.4 is 5.73 Å². The Bertz CT molecular complexity index is 477. The first-order valence-corrected chi connectivity index (χ1v) is 8.21. The van der Waals surface area contributed by atoms with Gasteiger partial charge in [-0.25, -0.2) is 0 Å². The summed E-state index contributed by atoms with van der Waals surface area (Å²) in [6.45, 7) is 0. The van der Waals surface area contributed by atoms with Gasteiger partial charge in [0.25, 0.3) is 0 Å². The van der Waals surface area contributed by atoms with Crippen molar-refractivity contribution in [2.45, 2.75) is 50.2 Å². The van der Waals surface area contributed by atoms with Gasteiger partial charge in [-0.2, -0.15) is 0 Å². The van der Waals surface area contributed by atoms with Crippen molar-refractivity contribution >= 4 is 23.2 Å². The smallest absolute Gasteiger partial charge is 0.0595 e. The Morgan fingerprint density at radius 3 is 2.45 bits per heavy atom. The van der Waals surface area contributed by atoms with Crippen molar-refractivity contribution in [1.29, 1.82) is 0 Å². The van der Waals surface area contributed by atoms with Gasteiger partial charge in [-0.05, 0) is 62.8 Å². The lowest BCUT2D eigenvalue weighted by Crippen LogP contribution is -2.46. The van der Waals surface area contributed by atoms with Crippen LogP contribution in [0.15, 0.2) is 18.2 Å². The van der Waals surface area contributed by atoms with Gasteiger partial charge in [-0.1, -0.05) is 29.3 Å². The number of halogens is 2. The molecule has 110 valence electrons. The second kappa shape index (κ2) is 5.84. The molecule has 0 amide bonds. The van der Waals surface area contributed by atoms with E-state index in [-0.39, 0.29) is 6.04 Å². The van der Waals surface area contributed by atoms with Crippen LogP contribution in [-0.2, 0) is 6.42 Å². The van der Waals surface area contributed by atoms with Crippen LogP contribution in [0.2, 0.25) is 10.0 Å². The standard InChI is InChI=1S/C16H22Cl2N2/c1-20-12-3-4-13(20)9-11(8-12)16(19)7-10-2-5-14(17)15(18)6-10/h2,5-6,11-13,16H,3-4,7-9,19H2,1H3. The van der Waals surface area contributed by atoms with E-state index in [0.717, 1.165) is 18.5 Å². The molecule has 0 radical (unpaired) electrons. The van der Waals surface area contributed by atoms with E-state index in [1.807, 2.05) is 18.2 Å². The van der Waals surface area contributed by atoms with Crippen LogP contribution in [0.25, 0.3) is 0 Å². The molecule has 2 aliphatic rings. The topological polar surface area (TPSA) is 29.3 Å². The zero-order valence-electron chi connectivity index (χ0n) is 11.9. The van der Waals surface area contributed by atoms with Gasteiger partial charge >= 0.3 is 0 Å². The highest BCUT2D eigenvalue weighted by molar-refractivity contribution is 6.42. The Balaban J connectivity index is 1.65. The van der Waals surface area contributed by atoms with Crippen molar-refractivity contribution in [3.05, 3.63) is 33.8 Å². The van der Waals surface area contributed by atoms with Crippen molar-refractivity contribution in [2.24, 2.45) is 11.7 Å². The maximum atomic E-state index is 6.47. The average Bonchev–Trinajstić information content (AvgIpc) is 2.65. The van der Waals surface area contributed by atoms with Gasteiger partial charge in [0, 0.05) is 18.1 Å². The number of benzene rings is 1. The van der Waals surface area contributed by atoms with Crippen molar-refractivity contribution in [3.8, 4) is 0 Å². The fraction of sp³-hybridized carbons (Fsp3) is 0.625. The average molecular weight is 313 g/mol. The lowest BCUT2D eigenvalue weighted by Gasteiger charge is -2.38. The van der Waals surface area contributed by atoms with E-state index >= 15 is 0 Å². The Morgan fingerprint density at radius 2 is 1.85 bits per heavy atom. The summed E-state index contributed by atoms with van der Waals surface area (Å²) in [4.78, 5) is 2.56. The highest BCUT2D eigenvalue weighted by Crippen LogP contribution is 2.39. The van der Waals surface area contributed by atoms with Crippen molar-refractivity contribution in [2.75, 3.05) is 7.05 Å². The van der Waals surface area contributed by atoms with Crippen LogP contribution in [-0.4, -0.2) is 30.1 Å². The molecule has 3 atom stereocenters. The lowest BCUT2D eigenvalue weighted by atomic mass is 9.83. The van der Waals surface area contributed by atoms with Crippen LogP contribution in [0.1, 0.15) is 31.2 Å². The number of rotatable bonds is 3. The van der Waals surface area contributed by atoms with Gasteiger partial charge in [0.2, 0.25) is 0 Å². The third kappa shape index (κ3) is 2.85. The molecule has 1 aromatic rings. The monoisotopic (exact) mass is 312 g/mol. The Labute approximate surface area is 131 Å². The molecule has 1 aromatic carbocycles. The Morgan fingerprint density at radius 1 is 1.20 bits per heavy atom. The van der Waals surface area contributed by atoms with Crippen LogP contribution in [0, 0.1) is 5.92 Å². The molecule has 0 spiro atoms. The van der Waals surface area contributed by atoms with Gasteiger partial charge in [0.15, 0.2) is 0 Å². The molecule has 2 heterocycles. The van der Waals surface area contributed by atoms with Crippen LogP contribution in [0.4, 0.5) is 0 Å². The van der Waals surface area contributed by atoms with Crippen molar-refractivity contribution in [3.63, 3.8) is 0 Å². The fourth-order valence-electron chi connectivity index (χ4n) is 3.91. The number of piperidine rings is 1. The van der Waals surface area contributed by atoms with Crippen LogP contribution >= 0.6 is 23.2 Å². The molecule has 4 heteroatoms.